The first-order valence-corrected chi connectivity index (χ1v) is 8.92. The number of amides is 3. The molecule has 11 nitrogen and oxygen atoms in total. The quantitative estimate of drug-likeness (QED) is 0.231. The Labute approximate surface area is 163 Å². The average Bonchev–Trinajstić information content (AvgIpc) is 2.56. The van der Waals surface area contributed by atoms with Gasteiger partial charge in [-0.2, -0.15) is 0 Å². The zero-order valence-corrected chi connectivity index (χ0v) is 16.5. The molecule has 0 fully saturated rings. The van der Waals surface area contributed by atoms with Crippen LogP contribution in [0.5, 0.6) is 0 Å². The summed E-state index contributed by atoms with van der Waals surface area (Å²) in [6.07, 6.45) is -0.608. The van der Waals surface area contributed by atoms with Gasteiger partial charge in [-0.25, -0.2) is 4.79 Å². The second-order valence-electron chi connectivity index (χ2n) is 7.23. The number of carboxylic acid groups (broad SMARTS) is 2. The molecule has 0 spiro atoms. The highest BCUT2D eigenvalue weighted by Gasteiger charge is 2.28. The molecule has 0 saturated heterocycles. The Morgan fingerprint density at radius 1 is 0.893 bits per heavy atom. The Morgan fingerprint density at radius 2 is 1.46 bits per heavy atom. The van der Waals surface area contributed by atoms with Crippen LogP contribution >= 0.6 is 0 Å². The molecule has 0 aromatic heterocycles. The van der Waals surface area contributed by atoms with Crippen LogP contribution in [-0.2, 0) is 24.0 Å². The number of carbonyl (C=O) groups is 5. The Balaban J connectivity index is 4.94. The topological polar surface area (TPSA) is 188 Å². The summed E-state index contributed by atoms with van der Waals surface area (Å²) in [6, 6.07) is -3.49. The van der Waals surface area contributed by atoms with Crippen LogP contribution in [0.3, 0.4) is 0 Å². The van der Waals surface area contributed by atoms with Crippen molar-refractivity contribution in [1.29, 1.82) is 0 Å². The van der Waals surface area contributed by atoms with Crippen LogP contribution in [-0.4, -0.2) is 64.5 Å². The van der Waals surface area contributed by atoms with Crippen LogP contribution < -0.4 is 21.7 Å². The molecular formula is C17H30N4O7. The third kappa shape index (κ3) is 9.86. The zero-order chi connectivity index (χ0) is 22.0. The lowest BCUT2D eigenvalue weighted by molar-refractivity contribution is -0.147. The molecule has 28 heavy (non-hydrogen) atoms. The van der Waals surface area contributed by atoms with Crippen molar-refractivity contribution >= 4 is 29.7 Å². The maximum Gasteiger partial charge on any atom is 0.326 e. The number of aliphatic carboxylic acids is 2. The molecule has 0 rings (SSSR count). The Hall–Kier alpha value is -2.69. The number of hydrogen-bond acceptors (Lipinski definition) is 6. The van der Waals surface area contributed by atoms with E-state index in [2.05, 4.69) is 16.0 Å². The number of hydrogen-bond donors (Lipinski definition) is 6. The molecule has 11 heteroatoms. The van der Waals surface area contributed by atoms with E-state index in [0.717, 1.165) is 0 Å². The van der Waals surface area contributed by atoms with Gasteiger partial charge < -0.3 is 31.9 Å². The van der Waals surface area contributed by atoms with E-state index in [0.29, 0.717) is 0 Å². The van der Waals surface area contributed by atoms with Gasteiger partial charge in [0.25, 0.3) is 0 Å². The number of carbonyl (C=O) groups excluding carboxylic acids is 3. The highest BCUT2D eigenvalue weighted by Crippen LogP contribution is 2.06. The molecule has 0 heterocycles. The summed E-state index contributed by atoms with van der Waals surface area (Å²) in [5, 5.41) is 24.7. The fourth-order valence-corrected chi connectivity index (χ4v) is 2.18. The first kappa shape index (κ1) is 25.3. The summed E-state index contributed by atoms with van der Waals surface area (Å²) < 4.78 is 0. The summed E-state index contributed by atoms with van der Waals surface area (Å²) in [6.45, 7) is 6.69. The van der Waals surface area contributed by atoms with E-state index in [1.165, 1.54) is 0 Å². The van der Waals surface area contributed by atoms with Crippen molar-refractivity contribution in [2.75, 3.05) is 6.54 Å². The average molecular weight is 402 g/mol. The molecule has 0 saturated carbocycles. The number of nitrogens with one attached hydrogen (secondary N) is 3. The summed E-state index contributed by atoms with van der Waals surface area (Å²) >= 11 is 0. The summed E-state index contributed by atoms with van der Waals surface area (Å²) in [5.74, 6) is -5.02. The number of carboxylic acids is 2. The molecule has 3 amide bonds. The van der Waals surface area contributed by atoms with Gasteiger partial charge in [-0.15, -0.1) is 0 Å². The third-order valence-electron chi connectivity index (χ3n) is 3.80. The second-order valence-corrected chi connectivity index (χ2v) is 7.23. The van der Waals surface area contributed by atoms with Crippen LogP contribution in [0.1, 0.15) is 40.5 Å². The van der Waals surface area contributed by atoms with Crippen molar-refractivity contribution in [2.24, 2.45) is 17.6 Å². The van der Waals surface area contributed by atoms with E-state index in [1.54, 1.807) is 27.7 Å². The molecule has 0 aliphatic heterocycles. The Morgan fingerprint density at radius 3 is 1.89 bits per heavy atom. The number of rotatable bonds is 12. The molecule has 3 atom stereocenters. The monoisotopic (exact) mass is 402 g/mol. The Kier molecular flexibility index (Phi) is 10.8. The van der Waals surface area contributed by atoms with Gasteiger partial charge in [0, 0.05) is 0 Å². The molecule has 0 aliphatic rings. The van der Waals surface area contributed by atoms with Crippen molar-refractivity contribution in [3.05, 3.63) is 0 Å². The first-order chi connectivity index (χ1) is 12.8. The minimum atomic E-state index is -1.62. The van der Waals surface area contributed by atoms with Gasteiger partial charge in [0.2, 0.25) is 17.7 Å². The van der Waals surface area contributed by atoms with Crippen LogP contribution in [0.15, 0.2) is 0 Å². The molecule has 160 valence electrons. The smallest absolute Gasteiger partial charge is 0.326 e. The molecule has 7 N–H and O–H groups in total. The second kappa shape index (κ2) is 11.9. The fourth-order valence-electron chi connectivity index (χ4n) is 2.18. The lowest BCUT2D eigenvalue weighted by atomic mass is 10.0. The van der Waals surface area contributed by atoms with Gasteiger partial charge >= 0.3 is 11.9 Å². The van der Waals surface area contributed by atoms with Gasteiger partial charge in [-0.1, -0.05) is 27.7 Å². The van der Waals surface area contributed by atoms with Crippen molar-refractivity contribution in [3.63, 3.8) is 0 Å². The third-order valence-corrected chi connectivity index (χ3v) is 3.80. The zero-order valence-electron chi connectivity index (χ0n) is 16.5. The van der Waals surface area contributed by atoms with E-state index in [9.17, 15) is 24.0 Å². The van der Waals surface area contributed by atoms with Gasteiger partial charge in [0.15, 0.2) is 0 Å². The van der Waals surface area contributed by atoms with Crippen LogP contribution in [0.4, 0.5) is 0 Å². The highest BCUT2D eigenvalue weighted by atomic mass is 16.4. The maximum absolute atomic E-state index is 12.4. The van der Waals surface area contributed by atoms with Crippen molar-refractivity contribution in [2.45, 2.75) is 58.7 Å². The lowest BCUT2D eigenvalue weighted by Gasteiger charge is -2.22. The van der Waals surface area contributed by atoms with Gasteiger partial charge in [-0.3, -0.25) is 19.2 Å². The molecule has 0 aromatic carbocycles. The summed E-state index contributed by atoms with van der Waals surface area (Å²) in [4.78, 5) is 58.1. The maximum atomic E-state index is 12.4. The predicted octanol–water partition coefficient (Wildman–Crippen LogP) is -1.34. The summed E-state index contributed by atoms with van der Waals surface area (Å²) in [5.41, 5.74) is 5.67. The molecule has 0 bridgehead atoms. The van der Waals surface area contributed by atoms with Gasteiger partial charge in [-0.05, 0) is 18.3 Å². The normalized spacial score (nSPS) is 14.1. The fraction of sp³-hybridized carbons (Fsp3) is 0.706. The van der Waals surface area contributed by atoms with Crippen LogP contribution in [0.2, 0.25) is 0 Å². The highest BCUT2D eigenvalue weighted by molar-refractivity contribution is 5.93. The Bertz CT molecular complexity index is 592. The van der Waals surface area contributed by atoms with Gasteiger partial charge in [0.1, 0.15) is 12.1 Å². The van der Waals surface area contributed by atoms with E-state index in [4.69, 9.17) is 15.9 Å². The minimum absolute atomic E-state index is 0.0252. The molecule has 0 radical (unpaired) electrons. The SMILES string of the molecule is CC(C)CC(NC(=O)CNC(=O)C(N)C(C)C)C(=O)NC(CC(=O)O)C(=O)O. The van der Waals surface area contributed by atoms with Crippen LogP contribution in [0.25, 0.3) is 0 Å². The van der Waals surface area contributed by atoms with E-state index >= 15 is 0 Å². The van der Waals surface area contributed by atoms with E-state index in [1.807, 2.05) is 0 Å². The van der Waals surface area contributed by atoms with Gasteiger partial charge in [0.05, 0.1) is 19.0 Å². The number of nitrogens with two attached hydrogens (primary N) is 1. The van der Waals surface area contributed by atoms with Crippen LogP contribution in [0, 0.1) is 11.8 Å². The standard InChI is InChI=1S/C17H30N4O7/c1-8(2)5-10(15(25)21-11(17(27)28)6-13(23)24)20-12(22)7-19-16(26)14(18)9(3)4/h8-11,14H,5-7,18H2,1-4H3,(H,19,26)(H,20,22)(H,21,25)(H,23,24)(H,27,28). The van der Waals surface area contributed by atoms with E-state index < -0.39 is 60.8 Å². The lowest BCUT2D eigenvalue weighted by Crippen LogP contribution is -2.54. The summed E-state index contributed by atoms with van der Waals surface area (Å²) in [7, 11) is 0. The first-order valence-electron chi connectivity index (χ1n) is 8.92. The minimum Gasteiger partial charge on any atom is -0.481 e. The predicted molar refractivity (Wildman–Crippen MR) is 99.0 cm³/mol. The van der Waals surface area contributed by atoms with Crippen molar-refractivity contribution in [3.8, 4) is 0 Å². The van der Waals surface area contributed by atoms with Crippen molar-refractivity contribution < 1.29 is 34.2 Å². The molecular weight excluding hydrogens is 372 g/mol. The molecule has 3 unspecified atom stereocenters. The molecule has 0 aromatic rings. The largest absolute Gasteiger partial charge is 0.481 e. The van der Waals surface area contributed by atoms with E-state index in [-0.39, 0.29) is 18.3 Å². The van der Waals surface area contributed by atoms with Crippen molar-refractivity contribution in [1.82, 2.24) is 16.0 Å². The molecule has 0 aliphatic carbocycles.